The van der Waals surface area contributed by atoms with Crippen molar-refractivity contribution in [2.75, 3.05) is 13.2 Å². The van der Waals surface area contributed by atoms with Crippen molar-refractivity contribution in [3.05, 3.63) is 35.4 Å². The first kappa shape index (κ1) is 13.1. The second-order valence-electron chi connectivity index (χ2n) is 5.29. The Kier molecular flexibility index (Phi) is 4.02. The maximum absolute atomic E-state index is 11.9. The molecule has 0 saturated heterocycles. The van der Waals surface area contributed by atoms with Gasteiger partial charge in [-0.3, -0.25) is 4.79 Å². The zero-order valence-corrected chi connectivity index (χ0v) is 10.9. The molecule has 0 aliphatic heterocycles. The molecule has 1 aromatic carbocycles. The molecular weight excluding hydrogens is 226 g/mol. The number of carbonyl (C=O) groups is 1. The molecule has 0 atom stereocenters. The summed E-state index contributed by atoms with van der Waals surface area (Å²) in [5.74, 6) is -0.0437. The van der Waals surface area contributed by atoms with Crippen LogP contribution < -0.4 is 5.32 Å². The van der Waals surface area contributed by atoms with E-state index in [2.05, 4.69) is 12.2 Å². The van der Waals surface area contributed by atoms with Gasteiger partial charge in [-0.2, -0.15) is 0 Å². The van der Waals surface area contributed by atoms with E-state index in [1.165, 1.54) is 5.56 Å². The first-order valence-corrected chi connectivity index (χ1v) is 6.67. The molecule has 0 spiro atoms. The van der Waals surface area contributed by atoms with E-state index >= 15 is 0 Å². The summed E-state index contributed by atoms with van der Waals surface area (Å²) in [7, 11) is 0. The van der Waals surface area contributed by atoms with Gasteiger partial charge in [0.25, 0.3) is 5.91 Å². The Labute approximate surface area is 108 Å². The first-order valence-electron chi connectivity index (χ1n) is 6.67. The number of amides is 1. The molecule has 1 saturated carbocycles. The first-order chi connectivity index (χ1) is 8.69. The van der Waals surface area contributed by atoms with Crippen molar-refractivity contribution < 1.29 is 9.90 Å². The molecule has 18 heavy (non-hydrogen) atoms. The highest BCUT2D eigenvalue weighted by molar-refractivity contribution is 5.94. The molecule has 98 valence electrons. The molecule has 1 fully saturated rings. The molecule has 0 unspecified atom stereocenters. The van der Waals surface area contributed by atoms with Gasteiger partial charge in [0, 0.05) is 17.5 Å². The molecule has 0 aromatic heterocycles. The third-order valence-electron chi connectivity index (χ3n) is 3.67. The van der Waals surface area contributed by atoms with Gasteiger partial charge in [-0.25, -0.2) is 0 Å². The smallest absolute Gasteiger partial charge is 0.251 e. The van der Waals surface area contributed by atoms with Gasteiger partial charge < -0.3 is 10.4 Å². The summed E-state index contributed by atoms with van der Waals surface area (Å²) in [5.41, 5.74) is 1.93. The minimum atomic E-state index is -0.0437. The van der Waals surface area contributed by atoms with Gasteiger partial charge >= 0.3 is 0 Å². The van der Waals surface area contributed by atoms with Crippen molar-refractivity contribution in [3.63, 3.8) is 0 Å². The van der Waals surface area contributed by atoms with Crippen LogP contribution in [0.5, 0.6) is 0 Å². The van der Waals surface area contributed by atoms with E-state index in [1.807, 2.05) is 24.3 Å². The Morgan fingerprint density at radius 1 is 1.33 bits per heavy atom. The van der Waals surface area contributed by atoms with Crippen LogP contribution in [0.2, 0.25) is 0 Å². The lowest BCUT2D eigenvalue weighted by atomic mass is 10.1. The Hall–Kier alpha value is -1.35. The summed E-state index contributed by atoms with van der Waals surface area (Å²) in [6, 6.07) is 7.77. The summed E-state index contributed by atoms with van der Waals surface area (Å²) in [4.78, 5) is 11.9. The molecule has 1 amide bonds. The SMILES string of the molecule is CCCc1ccc(C(=O)NCC2(CO)CC2)cc1. The van der Waals surface area contributed by atoms with Gasteiger partial charge in [0.1, 0.15) is 0 Å². The lowest BCUT2D eigenvalue weighted by Gasteiger charge is -2.12. The number of benzene rings is 1. The number of nitrogens with one attached hydrogen (secondary N) is 1. The minimum Gasteiger partial charge on any atom is -0.396 e. The number of hydrogen-bond acceptors (Lipinski definition) is 2. The van der Waals surface area contributed by atoms with Crippen LogP contribution in [0.15, 0.2) is 24.3 Å². The number of hydrogen-bond donors (Lipinski definition) is 2. The lowest BCUT2D eigenvalue weighted by molar-refractivity contribution is 0.0935. The fraction of sp³-hybridized carbons (Fsp3) is 0.533. The second kappa shape index (κ2) is 5.53. The van der Waals surface area contributed by atoms with Crippen molar-refractivity contribution in [3.8, 4) is 0 Å². The maximum Gasteiger partial charge on any atom is 0.251 e. The maximum atomic E-state index is 11.9. The van der Waals surface area contributed by atoms with Crippen molar-refractivity contribution >= 4 is 5.91 Å². The summed E-state index contributed by atoms with van der Waals surface area (Å²) in [6.45, 7) is 2.90. The number of aliphatic hydroxyl groups is 1. The minimum absolute atomic E-state index is 0.0299. The highest BCUT2D eigenvalue weighted by atomic mass is 16.3. The van der Waals surface area contributed by atoms with E-state index in [9.17, 15) is 9.90 Å². The van der Waals surface area contributed by atoms with Crippen LogP contribution in [0.25, 0.3) is 0 Å². The summed E-state index contributed by atoms with van der Waals surface area (Å²) in [6.07, 6.45) is 4.19. The quantitative estimate of drug-likeness (QED) is 0.809. The van der Waals surface area contributed by atoms with Crippen molar-refractivity contribution in [2.45, 2.75) is 32.6 Å². The van der Waals surface area contributed by atoms with Crippen LogP contribution in [0.3, 0.4) is 0 Å². The molecular formula is C15H21NO2. The van der Waals surface area contributed by atoms with Gasteiger partial charge in [0.2, 0.25) is 0 Å². The average molecular weight is 247 g/mol. The van der Waals surface area contributed by atoms with E-state index in [-0.39, 0.29) is 17.9 Å². The topological polar surface area (TPSA) is 49.3 Å². The largest absolute Gasteiger partial charge is 0.396 e. The molecule has 0 heterocycles. The van der Waals surface area contributed by atoms with E-state index in [0.717, 1.165) is 25.7 Å². The fourth-order valence-corrected chi connectivity index (χ4v) is 2.05. The molecule has 1 aliphatic rings. The van der Waals surface area contributed by atoms with E-state index in [1.54, 1.807) is 0 Å². The number of aliphatic hydroxyl groups excluding tert-OH is 1. The number of rotatable bonds is 6. The van der Waals surface area contributed by atoms with Crippen molar-refractivity contribution in [2.24, 2.45) is 5.41 Å². The molecule has 2 N–H and O–H groups in total. The predicted octanol–water partition coefficient (Wildman–Crippen LogP) is 2.14. The van der Waals surface area contributed by atoms with Crippen LogP contribution in [0.4, 0.5) is 0 Å². The number of aryl methyl sites for hydroxylation is 1. The number of carbonyl (C=O) groups excluding carboxylic acids is 1. The normalized spacial score (nSPS) is 16.3. The van der Waals surface area contributed by atoms with Gasteiger partial charge in [0.05, 0.1) is 6.61 Å². The second-order valence-corrected chi connectivity index (χ2v) is 5.29. The van der Waals surface area contributed by atoms with Crippen LogP contribution in [-0.4, -0.2) is 24.2 Å². The summed E-state index contributed by atoms with van der Waals surface area (Å²) in [5, 5.41) is 12.1. The molecule has 0 radical (unpaired) electrons. The monoisotopic (exact) mass is 247 g/mol. The van der Waals surface area contributed by atoms with Gasteiger partial charge in [-0.15, -0.1) is 0 Å². The van der Waals surface area contributed by atoms with Crippen LogP contribution in [0.1, 0.15) is 42.1 Å². The Bertz CT molecular complexity index is 407. The fourth-order valence-electron chi connectivity index (χ4n) is 2.05. The average Bonchev–Trinajstić information content (AvgIpc) is 3.18. The van der Waals surface area contributed by atoms with Gasteiger partial charge in [-0.05, 0) is 37.0 Å². The zero-order valence-electron chi connectivity index (χ0n) is 10.9. The van der Waals surface area contributed by atoms with E-state index in [0.29, 0.717) is 12.1 Å². The Morgan fingerprint density at radius 2 is 2.00 bits per heavy atom. The summed E-state index contributed by atoms with van der Waals surface area (Å²) >= 11 is 0. The summed E-state index contributed by atoms with van der Waals surface area (Å²) < 4.78 is 0. The third kappa shape index (κ3) is 3.10. The Morgan fingerprint density at radius 3 is 2.50 bits per heavy atom. The van der Waals surface area contributed by atoms with Crippen molar-refractivity contribution in [1.82, 2.24) is 5.32 Å². The predicted molar refractivity (Wildman–Crippen MR) is 71.5 cm³/mol. The van der Waals surface area contributed by atoms with Crippen LogP contribution in [0, 0.1) is 5.41 Å². The molecule has 0 bridgehead atoms. The standard InChI is InChI=1S/C15H21NO2/c1-2-3-12-4-6-13(7-5-12)14(18)16-10-15(11-17)8-9-15/h4-7,17H,2-3,8-11H2,1H3,(H,16,18). The zero-order chi connectivity index (χ0) is 13.0. The highest BCUT2D eigenvalue weighted by Crippen LogP contribution is 2.44. The molecule has 3 heteroatoms. The molecule has 1 aliphatic carbocycles. The van der Waals surface area contributed by atoms with Gasteiger partial charge in [-0.1, -0.05) is 25.5 Å². The molecule has 3 nitrogen and oxygen atoms in total. The van der Waals surface area contributed by atoms with Crippen molar-refractivity contribution in [1.29, 1.82) is 0 Å². The van der Waals surface area contributed by atoms with Gasteiger partial charge in [0.15, 0.2) is 0 Å². The lowest BCUT2D eigenvalue weighted by Crippen LogP contribution is -2.31. The molecule has 2 rings (SSSR count). The van der Waals surface area contributed by atoms with E-state index in [4.69, 9.17) is 0 Å². The molecule has 1 aromatic rings. The van der Waals surface area contributed by atoms with Crippen LogP contribution >= 0.6 is 0 Å². The third-order valence-corrected chi connectivity index (χ3v) is 3.67. The van der Waals surface area contributed by atoms with E-state index < -0.39 is 0 Å². The Balaban J connectivity index is 1.88. The van der Waals surface area contributed by atoms with Crippen LogP contribution in [-0.2, 0) is 6.42 Å². The highest BCUT2D eigenvalue weighted by Gasteiger charge is 2.42.